The Morgan fingerprint density at radius 2 is 1.42 bits per heavy atom. The molecule has 0 saturated heterocycles. The van der Waals surface area contributed by atoms with Crippen LogP contribution >= 0.6 is 0 Å². The number of furan rings is 1. The molecule has 4 aromatic carbocycles. The first-order chi connectivity index (χ1) is 23.6. The zero-order chi connectivity index (χ0) is 34.3. The summed E-state index contributed by atoms with van der Waals surface area (Å²) >= 11 is -1.78. The van der Waals surface area contributed by atoms with Gasteiger partial charge in [-0.15, -0.1) is 6.07 Å². The first kappa shape index (κ1) is 35.5. The van der Waals surface area contributed by atoms with Crippen molar-refractivity contribution in [3.05, 3.63) is 166 Å². The molecule has 0 amide bonds. The minimum Gasteiger partial charge on any atom is 0 e. The zero-order valence-electron chi connectivity index (χ0n) is 29.3. The van der Waals surface area contributed by atoms with Crippen molar-refractivity contribution in [1.82, 2.24) is 0 Å². The molecule has 1 aliphatic rings. The summed E-state index contributed by atoms with van der Waals surface area (Å²) in [4.78, 5) is 0. The molecule has 0 bridgehead atoms. The third-order valence-electron chi connectivity index (χ3n) is 9.79. The Bertz CT molecular complexity index is 2320. The van der Waals surface area contributed by atoms with E-state index in [4.69, 9.17) is 4.42 Å². The first-order valence-corrected chi connectivity index (χ1v) is 24.5. The molecule has 255 valence electrons. The van der Waals surface area contributed by atoms with Gasteiger partial charge in [0.2, 0.25) is 0 Å². The third-order valence-corrected chi connectivity index (χ3v) is 14.0. The number of fused-ring (bicyclic) bond motifs is 4. The molecule has 7 aromatic rings. The van der Waals surface area contributed by atoms with Crippen molar-refractivity contribution in [3.8, 4) is 33.6 Å². The van der Waals surface area contributed by atoms with Gasteiger partial charge in [0.25, 0.3) is 0 Å². The van der Waals surface area contributed by atoms with E-state index in [1.807, 2.05) is 33.4 Å². The van der Waals surface area contributed by atoms with Crippen LogP contribution in [0.4, 0.5) is 0 Å². The number of hydrogen-bond acceptors (Lipinski definition) is 1. The summed E-state index contributed by atoms with van der Waals surface area (Å²) in [6.45, 7) is 8.45. The summed E-state index contributed by atoms with van der Waals surface area (Å²) in [5, 5.41) is 2.27. The van der Waals surface area contributed by atoms with Crippen molar-refractivity contribution in [2.45, 2.75) is 43.0 Å². The van der Waals surface area contributed by atoms with Crippen LogP contribution in [0.1, 0.15) is 35.1 Å². The number of rotatable bonds is 4. The van der Waals surface area contributed by atoms with Crippen LogP contribution in [0.2, 0.25) is 17.3 Å². The van der Waals surface area contributed by atoms with Gasteiger partial charge >= 0.3 is 113 Å². The maximum atomic E-state index is 6.47. The third kappa shape index (κ3) is 6.85. The molecule has 0 unspecified atom stereocenters. The van der Waals surface area contributed by atoms with Crippen molar-refractivity contribution in [1.29, 1.82) is 0 Å². The van der Waals surface area contributed by atoms with Crippen LogP contribution < -0.4 is 13.5 Å². The summed E-state index contributed by atoms with van der Waals surface area (Å²) < 4.78 is 11.9. The number of aryl methyl sites for hydroxylation is 1. The van der Waals surface area contributed by atoms with Crippen molar-refractivity contribution >= 4 is 39.6 Å². The quantitative estimate of drug-likeness (QED) is 0.0980. The molecule has 3 nitrogen and oxygen atoms in total. The van der Waals surface area contributed by atoms with E-state index in [0.29, 0.717) is 0 Å². The number of hydrogen-bond donors (Lipinski definition) is 0. The van der Waals surface area contributed by atoms with Crippen LogP contribution in [-0.2, 0) is 32.9 Å². The second-order valence-electron chi connectivity index (χ2n) is 14.2. The van der Waals surface area contributed by atoms with Gasteiger partial charge in [-0.05, 0) is 54.5 Å². The van der Waals surface area contributed by atoms with E-state index in [-0.39, 0.29) is 20.1 Å². The van der Waals surface area contributed by atoms with E-state index < -0.39 is 13.3 Å². The molecule has 0 N–H and O–H groups in total. The first-order valence-electron chi connectivity index (χ1n) is 17.1. The van der Waals surface area contributed by atoms with Crippen LogP contribution in [0, 0.1) is 27.9 Å². The summed E-state index contributed by atoms with van der Waals surface area (Å²) in [5.41, 5.74) is 13.6. The van der Waals surface area contributed by atoms with Gasteiger partial charge in [0.05, 0.1) is 17.5 Å². The molecule has 0 spiro atoms. The topological polar surface area (TPSA) is 20.9 Å². The van der Waals surface area contributed by atoms with Crippen LogP contribution in [0.15, 0.2) is 120 Å². The molecule has 3 heterocycles. The van der Waals surface area contributed by atoms with Crippen LogP contribution in [0.3, 0.4) is 0 Å². The number of nitrogens with zero attached hydrogens (tertiary/aromatic N) is 2. The Labute approximate surface area is 313 Å². The van der Waals surface area contributed by atoms with Gasteiger partial charge in [0.15, 0.2) is 0 Å². The molecule has 0 fully saturated rings. The second-order valence-corrected chi connectivity index (χ2v) is 24.8. The fourth-order valence-electron chi connectivity index (χ4n) is 7.06. The molecular weight excluding hydrogens is 849 g/mol. The molecule has 5 heteroatoms. The summed E-state index contributed by atoms with van der Waals surface area (Å²) in [6.07, 6.45) is 8.94. The SMILES string of the molecule is [CH2-]c1ccc2c(oc3ccc(-c4ccccc4)cc32)c1-c1c2c(cc[n+]1[CH2-])CCCC2.[CH2-]c1ccccc1-c1cc[c]([Ge]([CH3])([CH3])[CH3])c[n+]1[CH2-].[Ir]. The van der Waals surface area contributed by atoms with Crippen LogP contribution in [-0.4, -0.2) is 13.3 Å². The zero-order valence-corrected chi connectivity index (χ0v) is 33.8. The van der Waals surface area contributed by atoms with E-state index in [9.17, 15) is 0 Å². The molecule has 0 aliphatic heterocycles. The molecule has 0 saturated carbocycles. The van der Waals surface area contributed by atoms with E-state index in [1.165, 1.54) is 39.5 Å². The smallest absolute Gasteiger partial charge is 0 e. The Morgan fingerprint density at radius 3 is 2.16 bits per heavy atom. The second kappa shape index (κ2) is 14.5. The fraction of sp³-hybridized carbons (Fsp3) is 0.156. The monoisotopic (exact) mass is 895 g/mol. The maximum Gasteiger partial charge on any atom is 0 e. The van der Waals surface area contributed by atoms with Gasteiger partial charge in [-0.2, -0.15) is 18.6 Å². The van der Waals surface area contributed by atoms with Crippen molar-refractivity contribution in [3.63, 3.8) is 0 Å². The predicted molar refractivity (Wildman–Crippen MR) is 207 cm³/mol. The van der Waals surface area contributed by atoms with Gasteiger partial charge < -0.3 is 8.98 Å². The predicted octanol–water partition coefficient (Wildman–Crippen LogP) is 9.91. The average Bonchev–Trinajstić information content (AvgIpc) is 3.47. The molecule has 1 aliphatic carbocycles. The van der Waals surface area contributed by atoms with Gasteiger partial charge in [-0.25, -0.2) is 0 Å². The average molecular weight is 894 g/mol. The maximum absolute atomic E-state index is 6.47. The molecule has 1 radical (unpaired) electrons. The number of aromatic nitrogens is 2. The standard InChI is InChI=1S/C29H24NO.C16H20GeN.Ir/c1-19-12-14-24-25-18-22(20-8-4-3-5-9-20)13-15-26(25)31-29(24)27(19)28-23-11-7-6-10-21(23)16-17-30(28)2;1-13-8-6-7-9-15(13)16-11-10-14(12-18(16)5)17(2,3)4;/h3-5,8-9,12-18H,1-2,6-7,10-11H2;6-12H,1,5H2,2-4H3;/q2*-1;. The van der Waals surface area contributed by atoms with E-state index >= 15 is 0 Å². The minimum absolute atomic E-state index is 0. The Kier molecular flexibility index (Phi) is 10.3. The van der Waals surface area contributed by atoms with Gasteiger partial charge in [0, 0.05) is 37.9 Å². The number of pyridine rings is 2. The van der Waals surface area contributed by atoms with Crippen LogP contribution in [0.5, 0.6) is 0 Å². The molecule has 50 heavy (non-hydrogen) atoms. The van der Waals surface area contributed by atoms with Gasteiger partial charge in [0.1, 0.15) is 5.58 Å². The Balaban J connectivity index is 0.000000196. The minimum atomic E-state index is -1.78. The van der Waals surface area contributed by atoms with Crippen molar-refractivity contribution in [2.75, 3.05) is 0 Å². The Morgan fingerprint density at radius 1 is 0.680 bits per heavy atom. The van der Waals surface area contributed by atoms with Gasteiger partial charge in [-0.1, -0.05) is 53.6 Å². The van der Waals surface area contributed by atoms with Crippen molar-refractivity contribution in [2.24, 2.45) is 0 Å². The normalized spacial score (nSPS) is 12.5. The molecule has 0 atom stereocenters. The van der Waals surface area contributed by atoms with E-state index in [1.54, 1.807) is 0 Å². The summed E-state index contributed by atoms with van der Waals surface area (Å²) in [7, 11) is 8.44. The van der Waals surface area contributed by atoms with Gasteiger partial charge in [-0.3, -0.25) is 0 Å². The summed E-state index contributed by atoms with van der Waals surface area (Å²) in [5.74, 6) is 7.18. The van der Waals surface area contributed by atoms with Crippen molar-refractivity contribution < 1.29 is 33.7 Å². The summed E-state index contributed by atoms with van der Waals surface area (Å²) in [6, 6.07) is 36.0. The number of benzene rings is 4. The molecular formula is C45H44GeIrN2O-2. The molecule has 3 aromatic heterocycles. The Hall–Kier alpha value is -4.35. The van der Waals surface area contributed by atoms with E-state index in [2.05, 4.69) is 136 Å². The van der Waals surface area contributed by atoms with Crippen LogP contribution in [0.25, 0.3) is 55.6 Å². The fourth-order valence-corrected chi connectivity index (χ4v) is 9.42. The molecule has 8 rings (SSSR count). The van der Waals surface area contributed by atoms with E-state index in [0.717, 1.165) is 68.4 Å². The largest absolute Gasteiger partial charge is 0 e.